The molecule has 2 amide bonds. The van der Waals surface area contributed by atoms with Gasteiger partial charge >= 0.3 is 6.03 Å². The Morgan fingerprint density at radius 1 is 1.15 bits per heavy atom. The highest BCUT2D eigenvalue weighted by Gasteiger charge is 2.20. The maximum atomic E-state index is 11.6. The zero-order valence-electron chi connectivity index (χ0n) is 12.3. The molecule has 110 valence electrons. The van der Waals surface area contributed by atoms with Gasteiger partial charge < -0.3 is 10.6 Å². The van der Waals surface area contributed by atoms with Crippen LogP contribution in [0.15, 0.2) is 24.3 Å². The minimum absolute atomic E-state index is 0.00151. The van der Waals surface area contributed by atoms with Crippen molar-refractivity contribution < 1.29 is 4.79 Å². The number of amides is 2. The van der Waals surface area contributed by atoms with E-state index in [9.17, 15) is 4.79 Å². The van der Waals surface area contributed by atoms with Crippen LogP contribution in [0.4, 0.5) is 16.2 Å². The molecule has 1 aromatic rings. The van der Waals surface area contributed by atoms with Crippen LogP contribution in [0, 0.1) is 0 Å². The second-order valence-corrected chi connectivity index (χ2v) is 5.27. The Balaban J connectivity index is 1.73. The molecule has 0 spiro atoms. The van der Waals surface area contributed by atoms with Gasteiger partial charge in [-0.2, -0.15) is 0 Å². The molecule has 4 heteroatoms. The first kappa shape index (κ1) is 14.7. The highest BCUT2D eigenvalue weighted by atomic mass is 16.2. The molecule has 1 heterocycles. The Labute approximate surface area is 121 Å². The molecule has 4 nitrogen and oxygen atoms in total. The average molecular weight is 275 g/mol. The molecule has 0 atom stereocenters. The number of unbranched alkanes of at least 4 members (excludes halogenated alkanes) is 4. The second-order valence-electron chi connectivity index (χ2n) is 5.27. The predicted octanol–water partition coefficient (Wildman–Crippen LogP) is 3.60. The van der Waals surface area contributed by atoms with Gasteiger partial charge in [-0.25, -0.2) is 4.79 Å². The van der Waals surface area contributed by atoms with Crippen LogP contribution in [0.1, 0.15) is 39.0 Å². The third-order valence-corrected chi connectivity index (χ3v) is 3.65. The molecule has 1 aliphatic heterocycles. The smallest absolute Gasteiger partial charge is 0.321 e. The lowest BCUT2D eigenvalue weighted by Gasteiger charge is -2.15. The summed E-state index contributed by atoms with van der Waals surface area (Å²) in [4.78, 5) is 13.3. The Kier molecular flexibility index (Phi) is 5.71. The van der Waals surface area contributed by atoms with E-state index in [0.717, 1.165) is 31.0 Å². The summed E-state index contributed by atoms with van der Waals surface area (Å²) >= 11 is 0. The van der Waals surface area contributed by atoms with Crippen molar-refractivity contribution in [1.82, 2.24) is 5.32 Å². The van der Waals surface area contributed by atoms with E-state index in [1.165, 1.54) is 32.1 Å². The van der Waals surface area contributed by atoms with Crippen LogP contribution in [-0.4, -0.2) is 25.7 Å². The first-order valence-electron chi connectivity index (χ1n) is 7.70. The number of anilines is 2. The summed E-state index contributed by atoms with van der Waals surface area (Å²) in [7, 11) is 0. The fourth-order valence-corrected chi connectivity index (χ4v) is 2.44. The minimum Gasteiger partial charge on any atom is -0.385 e. The summed E-state index contributed by atoms with van der Waals surface area (Å²) in [5, 5.41) is 6.24. The van der Waals surface area contributed by atoms with E-state index in [-0.39, 0.29) is 6.03 Å². The lowest BCUT2D eigenvalue weighted by atomic mass is 10.1. The standard InChI is InChI=1S/C16H25N3O/c1-2-3-4-5-6-11-17-14-7-9-15(10-8-14)19-13-12-18-16(19)20/h7-10,17H,2-6,11-13H2,1H3,(H,18,20). The first-order chi connectivity index (χ1) is 9.81. The summed E-state index contributed by atoms with van der Waals surface area (Å²) in [6.45, 7) is 4.74. The first-order valence-corrected chi connectivity index (χ1v) is 7.70. The summed E-state index contributed by atoms with van der Waals surface area (Å²) < 4.78 is 0. The number of carbonyl (C=O) groups is 1. The Morgan fingerprint density at radius 2 is 1.90 bits per heavy atom. The molecule has 20 heavy (non-hydrogen) atoms. The van der Waals surface area contributed by atoms with Crippen molar-refractivity contribution in [3.05, 3.63) is 24.3 Å². The fraction of sp³-hybridized carbons (Fsp3) is 0.562. The number of hydrogen-bond donors (Lipinski definition) is 2. The topological polar surface area (TPSA) is 44.4 Å². The van der Waals surface area contributed by atoms with E-state index < -0.39 is 0 Å². The van der Waals surface area contributed by atoms with Crippen molar-refractivity contribution in [2.24, 2.45) is 0 Å². The number of nitrogens with zero attached hydrogens (tertiary/aromatic N) is 1. The quantitative estimate of drug-likeness (QED) is 0.712. The maximum Gasteiger partial charge on any atom is 0.321 e. The Hall–Kier alpha value is -1.71. The summed E-state index contributed by atoms with van der Waals surface area (Å²) in [5.41, 5.74) is 2.09. The van der Waals surface area contributed by atoms with Gasteiger partial charge in [-0.15, -0.1) is 0 Å². The summed E-state index contributed by atoms with van der Waals surface area (Å²) in [6, 6.07) is 8.11. The molecular formula is C16H25N3O. The molecular weight excluding hydrogens is 250 g/mol. The molecule has 0 saturated carbocycles. The van der Waals surface area contributed by atoms with Crippen LogP contribution in [0.3, 0.4) is 0 Å². The highest BCUT2D eigenvalue weighted by Crippen LogP contribution is 2.19. The molecule has 1 aliphatic rings. The second kappa shape index (κ2) is 7.78. The summed E-state index contributed by atoms with van der Waals surface area (Å²) in [5.74, 6) is 0. The van der Waals surface area contributed by atoms with Crippen molar-refractivity contribution in [2.45, 2.75) is 39.0 Å². The fourth-order valence-electron chi connectivity index (χ4n) is 2.44. The van der Waals surface area contributed by atoms with E-state index in [0.29, 0.717) is 0 Å². The van der Waals surface area contributed by atoms with Gasteiger partial charge in [-0.1, -0.05) is 32.6 Å². The lowest BCUT2D eigenvalue weighted by molar-refractivity contribution is 0.252. The normalized spacial score (nSPS) is 14.4. The van der Waals surface area contributed by atoms with Gasteiger partial charge in [0.25, 0.3) is 0 Å². The third kappa shape index (κ3) is 4.15. The van der Waals surface area contributed by atoms with Crippen LogP contribution in [0.2, 0.25) is 0 Å². The number of rotatable bonds is 8. The van der Waals surface area contributed by atoms with Gasteiger partial charge in [-0.3, -0.25) is 4.90 Å². The van der Waals surface area contributed by atoms with Crippen molar-refractivity contribution in [3.63, 3.8) is 0 Å². The van der Waals surface area contributed by atoms with Gasteiger partial charge in [0.1, 0.15) is 0 Å². The molecule has 0 aromatic heterocycles. The van der Waals surface area contributed by atoms with Gasteiger partial charge in [0.15, 0.2) is 0 Å². The van der Waals surface area contributed by atoms with Gasteiger partial charge in [-0.05, 0) is 30.7 Å². The van der Waals surface area contributed by atoms with Crippen LogP contribution in [0.5, 0.6) is 0 Å². The molecule has 2 rings (SSSR count). The number of carbonyl (C=O) groups excluding carboxylic acids is 1. The predicted molar refractivity (Wildman–Crippen MR) is 84.4 cm³/mol. The van der Waals surface area contributed by atoms with Gasteiger partial charge in [0, 0.05) is 31.0 Å². The molecule has 2 N–H and O–H groups in total. The van der Waals surface area contributed by atoms with E-state index in [2.05, 4.69) is 17.6 Å². The number of urea groups is 1. The van der Waals surface area contributed by atoms with Crippen molar-refractivity contribution in [2.75, 3.05) is 29.9 Å². The molecule has 0 unspecified atom stereocenters. The molecule has 1 fully saturated rings. The van der Waals surface area contributed by atoms with Gasteiger partial charge in [0.2, 0.25) is 0 Å². The Bertz CT molecular complexity index is 416. The highest BCUT2D eigenvalue weighted by molar-refractivity contribution is 5.94. The van der Waals surface area contributed by atoms with Crippen molar-refractivity contribution in [1.29, 1.82) is 0 Å². The third-order valence-electron chi connectivity index (χ3n) is 3.65. The monoisotopic (exact) mass is 275 g/mol. The van der Waals surface area contributed by atoms with E-state index in [4.69, 9.17) is 0 Å². The zero-order chi connectivity index (χ0) is 14.2. The van der Waals surface area contributed by atoms with E-state index in [1.807, 2.05) is 24.3 Å². The van der Waals surface area contributed by atoms with Crippen LogP contribution in [0.25, 0.3) is 0 Å². The minimum atomic E-state index is 0.00151. The lowest BCUT2D eigenvalue weighted by Crippen LogP contribution is -2.27. The average Bonchev–Trinajstić information content (AvgIpc) is 2.90. The van der Waals surface area contributed by atoms with Gasteiger partial charge in [0.05, 0.1) is 0 Å². The molecule has 0 radical (unpaired) electrons. The van der Waals surface area contributed by atoms with Crippen molar-refractivity contribution >= 4 is 17.4 Å². The molecule has 0 bridgehead atoms. The maximum absolute atomic E-state index is 11.6. The van der Waals surface area contributed by atoms with Crippen LogP contribution >= 0.6 is 0 Å². The SMILES string of the molecule is CCCCCCCNc1ccc(N2CCNC2=O)cc1. The van der Waals surface area contributed by atoms with Crippen LogP contribution < -0.4 is 15.5 Å². The molecule has 1 aromatic carbocycles. The van der Waals surface area contributed by atoms with Crippen molar-refractivity contribution in [3.8, 4) is 0 Å². The zero-order valence-corrected chi connectivity index (χ0v) is 12.3. The van der Waals surface area contributed by atoms with E-state index in [1.54, 1.807) is 4.90 Å². The number of nitrogens with one attached hydrogen (secondary N) is 2. The number of benzene rings is 1. The van der Waals surface area contributed by atoms with Crippen LogP contribution in [-0.2, 0) is 0 Å². The Morgan fingerprint density at radius 3 is 2.55 bits per heavy atom. The molecule has 1 saturated heterocycles. The summed E-state index contributed by atoms with van der Waals surface area (Å²) in [6.07, 6.45) is 6.48. The van der Waals surface area contributed by atoms with E-state index >= 15 is 0 Å². The number of hydrogen-bond acceptors (Lipinski definition) is 2. The molecule has 0 aliphatic carbocycles. The largest absolute Gasteiger partial charge is 0.385 e.